The normalized spacial score (nSPS) is 12.3. The lowest BCUT2D eigenvalue weighted by molar-refractivity contribution is -0.116. The summed E-state index contributed by atoms with van der Waals surface area (Å²) in [5.41, 5.74) is -0.0679. The number of allylic oxidation sites excluding steroid dienone is 1. The van der Waals surface area contributed by atoms with Gasteiger partial charge in [0.2, 0.25) is 10.5 Å². The van der Waals surface area contributed by atoms with E-state index in [4.69, 9.17) is 34.8 Å². The fraction of sp³-hybridized carbons (Fsp3) is 0.333. The first-order valence-corrected chi connectivity index (χ1v) is 3.93. The fourth-order valence-electron chi connectivity index (χ4n) is 0.428. The number of rotatable bonds is 4. The van der Waals surface area contributed by atoms with Crippen LogP contribution in [-0.4, -0.2) is 16.4 Å². The molecule has 0 aliphatic carbocycles. The van der Waals surface area contributed by atoms with Crippen LogP contribution < -0.4 is 0 Å². The Morgan fingerprint density at radius 1 is 1.36 bits per heavy atom. The number of alkyl halides is 1. The van der Waals surface area contributed by atoms with Crippen molar-refractivity contribution in [2.45, 2.75) is 0 Å². The molecule has 0 radical (unpaired) electrons. The highest BCUT2D eigenvalue weighted by molar-refractivity contribution is 6.70. The molecule has 11 heavy (non-hydrogen) atoms. The predicted octanol–water partition coefficient (Wildman–Crippen LogP) is 1.93. The van der Waals surface area contributed by atoms with Crippen LogP contribution in [0.15, 0.2) is 12.2 Å². The van der Waals surface area contributed by atoms with Crippen molar-refractivity contribution in [3.63, 3.8) is 0 Å². The minimum absolute atomic E-state index is 0.0679. The van der Waals surface area contributed by atoms with Crippen LogP contribution in [0.4, 0.5) is 0 Å². The topological polar surface area (TPSA) is 34.1 Å². The summed E-state index contributed by atoms with van der Waals surface area (Å²) in [7, 11) is 0. The standard InChI is InChI=1S/C6H5Cl3O2/c1-3(5(8)10)4(2-7)6(9)11/h4H,1-2H2. The van der Waals surface area contributed by atoms with Crippen molar-refractivity contribution in [1.82, 2.24) is 0 Å². The number of carbonyl (C=O) groups excluding carboxylic acids is 2. The van der Waals surface area contributed by atoms with E-state index in [0.29, 0.717) is 0 Å². The third kappa shape index (κ3) is 3.23. The first-order valence-electron chi connectivity index (χ1n) is 2.64. The number of halogens is 3. The molecule has 0 rings (SSSR count). The van der Waals surface area contributed by atoms with Gasteiger partial charge < -0.3 is 0 Å². The second-order valence-corrected chi connectivity index (χ2v) is 2.83. The molecule has 5 heteroatoms. The lowest BCUT2D eigenvalue weighted by Crippen LogP contribution is -2.16. The Morgan fingerprint density at radius 2 is 1.82 bits per heavy atom. The van der Waals surface area contributed by atoms with Crippen molar-refractivity contribution in [3.05, 3.63) is 12.2 Å². The van der Waals surface area contributed by atoms with Gasteiger partial charge in [-0.25, -0.2) is 0 Å². The van der Waals surface area contributed by atoms with E-state index in [1.165, 1.54) is 0 Å². The summed E-state index contributed by atoms with van der Waals surface area (Å²) < 4.78 is 0. The van der Waals surface area contributed by atoms with E-state index in [-0.39, 0.29) is 11.5 Å². The van der Waals surface area contributed by atoms with Crippen LogP contribution in [0.1, 0.15) is 0 Å². The minimum Gasteiger partial charge on any atom is -0.281 e. The average molecular weight is 215 g/mol. The molecule has 1 atom stereocenters. The zero-order valence-corrected chi connectivity index (χ0v) is 7.71. The van der Waals surface area contributed by atoms with Crippen molar-refractivity contribution >= 4 is 45.3 Å². The van der Waals surface area contributed by atoms with Crippen LogP contribution in [0.25, 0.3) is 0 Å². The zero-order valence-electron chi connectivity index (χ0n) is 5.44. The van der Waals surface area contributed by atoms with E-state index in [2.05, 4.69) is 6.58 Å². The number of carbonyl (C=O) groups is 2. The maximum atomic E-state index is 10.5. The molecule has 1 unspecified atom stereocenters. The highest BCUT2D eigenvalue weighted by Gasteiger charge is 2.22. The Balaban J connectivity index is 4.39. The largest absolute Gasteiger partial charge is 0.281 e. The van der Waals surface area contributed by atoms with Crippen LogP contribution in [0.2, 0.25) is 0 Å². The van der Waals surface area contributed by atoms with Gasteiger partial charge in [0, 0.05) is 11.5 Å². The van der Waals surface area contributed by atoms with Crippen molar-refractivity contribution < 1.29 is 9.59 Å². The molecule has 0 aromatic carbocycles. The predicted molar refractivity (Wildman–Crippen MR) is 45.1 cm³/mol. The van der Waals surface area contributed by atoms with Gasteiger partial charge in [-0.15, -0.1) is 11.6 Å². The van der Waals surface area contributed by atoms with Gasteiger partial charge in [-0.3, -0.25) is 9.59 Å². The van der Waals surface area contributed by atoms with E-state index < -0.39 is 16.4 Å². The SMILES string of the molecule is C=C(C(=O)Cl)C(CCl)C(=O)Cl. The van der Waals surface area contributed by atoms with Gasteiger partial charge >= 0.3 is 0 Å². The minimum atomic E-state index is -0.872. The Labute approximate surface area is 79.1 Å². The molecule has 0 spiro atoms. The van der Waals surface area contributed by atoms with E-state index >= 15 is 0 Å². The zero-order chi connectivity index (χ0) is 9.02. The summed E-state index contributed by atoms with van der Waals surface area (Å²) >= 11 is 15.5. The highest BCUT2D eigenvalue weighted by atomic mass is 35.5. The molecule has 0 bridgehead atoms. The van der Waals surface area contributed by atoms with Crippen LogP contribution in [0.3, 0.4) is 0 Å². The van der Waals surface area contributed by atoms with Gasteiger partial charge in [-0.1, -0.05) is 6.58 Å². The second-order valence-electron chi connectivity index (χ2n) is 1.81. The van der Waals surface area contributed by atoms with Crippen molar-refractivity contribution in [2.75, 3.05) is 5.88 Å². The van der Waals surface area contributed by atoms with Gasteiger partial charge in [0.05, 0.1) is 5.92 Å². The van der Waals surface area contributed by atoms with Gasteiger partial charge in [-0.05, 0) is 23.2 Å². The molecule has 2 nitrogen and oxygen atoms in total. The summed E-state index contributed by atoms with van der Waals surface area (Å²) in [6.45, 7) is 3.28. The summed E-state index contributed by atoms with van der Waals surface area (Å²) in [6.07, 6.45) is 0. The number of hydrogen-bond acceptors (Lipinski definition) is 2. The molecular weight excluding hydrogens is 210 g/mol. The summed E-state index contributed by atoms with van der Waals surface area (Å²) in [5.74, 6) is -0.956. The van der Waals surface area contributed by atoms with Crippen LogP contribution in [-0.2, 0) is 9.59 Å². The van der Waals surface area contributed by atoms with Gasteiger partial charge in [0.15, 0.2) is 0 Å². The molecule has 62 valence electrons. The van der Waals surface area contributed by atoms with Crippen LogP contribution in [0.5, 0.6) is 0 Å². The van der Waals surface area contributed by atoms with Crippen molar-refractivity contribution in [3.8, 4) is 0 Å². The molecule has 0 saturated heterocycles. The molecule has 0 aliphatic rings. The third-order valence-corrected chi connectivity index (χ3v) is 1.92. The monoisotopic (exact) mass is 214 g/mol. The first-order chi connectivity index (χ1) is 5.00. The van der Waals surface area contributed by atoms with Crippen LogP contribution in [0, 0.1) is 5.92 Å². The van der Waals surface area contributed by atoms with Gasteiger partial charge in [-0.2, -0.15) is 0 Å². The summed E-state index contributed by atoms with van der Waals surface area (Å²) in [6, 6.07) is 0. The first kappa shape index (κ1) is 11.0. The van der Waals surface area contributed by atoms with E-state index in [0.717, 1.165) is 0 Å². The molecule has 0 aromatic heterocycles. The molecule has 0 heterocycles. The van der Waals surface area contributed by atoms with Crippen molar-refractivity contribution in [2.24, 2.45) is 5.92 Å². The molecule has 0 fully saturated rings. The quantitative estimate of drug-likeness (QED) is 0.408. The Bertz CT molecular complexity index is 200. The lowest BCUT2D eigenvalue weighted by Gasteiger charge is -2.06. The molecule has 0 aromatic rings. The van der Waals surface area contributed by atoms with Gasteiger partial charge in [0.1, 0.15) is 0 Å². The Morgan fingerprint density at radius 3 is 1.91 bits per heavy atom. The molecule has 0 aliphatic heterocycles. The Kier molecular flexibility index (Phi) is 4.73. The van der Waals surface area contributed by atoms with Crippen LogP contribution >= 0.6 is 34.8 Å². The second kappa shape index (κ2) is 4.75. The van der Waals surface area contributed by atoms with Gasteiger partial charge in [0.25, 0.3) is 0 Å². The highest BCUT2D eigenvalue weighted by Crippen LogP contribution is 2.16. The van der Waals surface area contributed by atoms with E-state index in [1.807, 2.05) is 0 Å². The summed E-state index contributed by atoms with van der Waals surface area (Å²) in [5, 5.41) is -1.51. The fourth-order valence-corrected chi connectivity index (χ4v) is 1.17. The third-order valence-electron chi connectivity index (χ3n) is 1.10. The van der Waals surface area contributed by atoms with Crippen molar-refractivity contribution in [1.29, 1.82) is 0 Å². The maximum Gasteiger partial charge on any atom is 0.248 e. The van der Waals surface area contributed by atoms with E-state index in [1.54, 1.807) is 0 Å². The molecular formula is C6H5Cl3O2. The number of hydrogen-bond donors (Lipinski definition) is 0. The molecule has 0 N–H and O–H groups in total. The smallest absolute Gasteiger partial charge is 0.248 e. The summed E-state index contributed by atoms with van der Waals surface area (Å²) in [4.78, 5) is 21.0. The molecule has 0 saturated carbocycles. The van der Waals surface area contributed by atoms with E-state index in [9.17, 15) is 9.59 Å². The Hall–Kier alpha value is -0.0500. The average Bonchev–Trinajstić information content (AvgIpc) is 1.88. The lowest BCUT2D eigenvalue weighted by atomic mass is 10.1. The molecule has 0 amide bonds. The maximum absolute atomic E-state index is 10.5.